The van der Waals surface area contributed by atoms with Crippen LogP contribution in [-0.2, 0) is 14.4 Å². The average molecular weight is 434 g/mol. The number of carbonyl (C=O) groups excluding carboxylic acids is 1. The molecular weight excluding hydrogens is 398 g/mol. The van der Waals surface area contributed by atoms with E-state index in [1.807, 2.05) is 0 Å². The fourth-order valence-corrected chi connectivity index (χ4v) is 4.18. The zero-order chi connectivity index (χ0) is 22.8. The molecule has 0 spiro atoms. The van der Waals surface area contributed by atoms with Crippen LogP contribution in [0.25, 0.3) is 0 Å². The molecule has 1 atom stereocenters. The van der Waals surface area contributed by atoms with Gasteiger partial charge in [0.1, 0.15) is 0 Å². The van der Waals surface area contributed by atoms with Gasteiger partial charge in [-0.2, -0.15) is 0 Å². The molecule has 0 bridgehead atoms. The lowest BCUT2D eigenvalue weighted by atomic mass is 9.93. The molecule has 1 aromatic rings. The molecule has 2 aliphatic rings. The quantitative estimate of drug-likeness (QED) is 0.683. The summed E-state index contributed by atoms with van der Waals surface area (Å²) in [5, 5.41) is 14.8. The zero-order valence-electron chi connectivity index (χ0n) is 18.6. The average Bonchev–Trinajstić information content (AvgIpc) is 2.80. The Morgan fingerprint density at radius 3 is 1.94 bits per heavy atom. The summed E-state index contributed by atoms with van der Waals surface area (Å²) in [6, 6.07) is 10.8. The molecule has 2 heterocycles. The first kappa shape index (κ1) is 24.8. The number of nitrogens with zero attached hydrogens (tertiary/aromatic N) is 3. The number of hydrogen-bond donors (Lipinski definition) is 2. The highest BCUT2D eigenvalue weighted by atomic mass is 16.4. The molecule has 2 aliphatic heterocycles. The van der Waals surface area contributed by atoms with Crippen molar-refractivity contribution in [2.45, 2.75) is 32.6 Å². The predicted octanol–water partition coefficient (Wildman–Crippen LogP) is 1.82. The fourth-order valence-electron chi connectivity index (χ4n) is 4.18. The Morgan fingerprint density at radius 1 is 0.903 bits per heavy atom. The summed E-state index contributed by atoms with van der Waals surface area (Å²) in [5.74, 6) is -2.44. The minimum atomic E-state index is -1.82. The largest absolute Gasteiger partial charge is 0.473 e. The fraction of sp³-hybridized carbons (Fsp3) is 0.609. The van der Waals surface area contributed by atoms with Gasteiger partial charge in [0.25, 0.3) is 0 Å². The number of amides is 1. The number of carboxylic acids is 2. The van der Waals surface area contributed by atoms with E-state index in [4.69, 9.17) is 19.8 Å². The highest BCUT2D eigenvalue weighted by Gasteiger charge is 2.30. The Labute approximate surface area is 184 Å². The van der Waals surface area contributed by atoms with E-state index in [9.17, 15) is 4.79 Å². The highest BCUT2D eigenvalue weighted by molar-refractivity contribution is 6.27. The van der Waals surface area contributed by atoms with Gasteiger partial charge in [0.15, 0.2) is 0 Å². The normalized spacial score (nSPS) is 19.2. The summed E-state index contributed by atoms with van der Waals surface area (Å²) in [6.07, 6.45) is 2.04. The third kappa shape index (κ3) is 7.95. The standard InChI is InChI=1S/C21H33N3O.C2H2O4/c1-3-22-13-15-24(16-14-22)21(25)20-9-11-23(12-10-20)17-18(2)19-7-5-4-6-8-19;3-1(4)2(5)6/h4-8,18,20H,3,9-17H2,1-2H3;(H,3,4)(H,5,6). The van der Waals surface area contributed by atoms with Gasteiger partial charge in [0.05, 0.1) is 0 Å². The Kier molecular flexibility index (Phi) is 9.94. The topological polar surface area (TPSA) is 101 Å². The lowest BCUT2D eigenvalue weighted by Gasteiger charge is -2.38. The molecule has 0 aliphatic carbocycles. The van der Waals surface area contributed by atoms with E-state index in [1.165, 1.54) is 5.56 Å². The summed E-state index contributed by atoms with van der Waals surface area (Å²) >= 11 is 0. The number of hydrogen-bond acceptors (Lipinski definition) is 5. The second-order valence-corrected chi connectivity index (χ2v) is 8.26. The third-order valence-corrected chi connectivity index (χ3v) is 6.15. The Bertz CT molecular complexity index is 699. The van der Waals surface area contributed by atoms with Crippen molar-refractivity contribution < 1.29 is 24.6 Å². The van der Waals surface area contributed by atoms with Crippen LogP contribution in [-0.4, -0.2) is 95.1 Å². The van der Waals surface area contributed by atoms with Crippen LogP contribution in [0.15, 0.2) is 30.3 Å². The minimum Gasteiger partial charge on any atom is -0.473 e. The van der Waals surface area contributed by atoms with Crippen LogP contribution in [0.4, 0.5) is 0 Å². The molecule has 31 heavy (non-hydrogen) atoms. The van der Waals surface area contributed by atoms with Gasteiger partial charge in [0.2, 0.25) is 5.91 Å². The first-order valence-electron chi connectivity index (χ1n) is 11.1. The van der Waals surface area contributed by atoms with Gasteiger partial charge in [-0.15, -0.1) is 0 Å². The van der Waals surface area contributed by atoms with Crippen LogP contribution < -0.4 is 0 Å². The van der Waals surface area contributed by atoms with Crippen LogP contribution in [0.5, 0.6) is 0 Å². The number of carboxylic acid groups (broad SMARTS) is 2. The highest BCUT2D eigenvalue weighted by Crippen LogP contribution is 2.23. The molecule has 172 valence electrons. The van der Waals surface area contributed by atoms with Gasteiger partial charge in [-0.05, 0) is 44.0 Å². The molecule has 8 nitrogen and oxygen atoms in total. The molecule has 0 saturated carbocycles. The number of likely N-dealkylation sites (tertiary alicyclic amines) is 1. The number of carbonyl (C=O) groups is 3. The van der Waals surface area contributed by atoms with Gasteiger partial charge in [-0.1, -0.05) is 44.2 Å². The Hall–Kier alpha value is -2.45. The van der Waals surface area contributed by atoms with E-state index < -0.39 is 11.9 Å². The van der Waals surface area contributed by atoms with Crippen molar-refractivity contribution in [1.82, 2.24) is 14.7 Å². The van der Waals surface area contributed by atoms with Crippen molar-refractivity contribution in [3.05, 3.63) is 35.9 Å². The van der Waals surface area contributed by atoms with E-state index in [0.29, 0.717) is 11.8 Å². The molecule has 0 radical (unpaired) electrons. The number of rotatable bonds is 5. The molecule has 2 N–H and O–H groups in total. The second-order valence-electron chi connectivity index (χ2n) is 8.26. The number of likely N-dealkylation sites (N-methyl/N-ethyl adjacent to an activating group) is 1. The van der Waals surface area contributed by atoms with Crippen molar-refractivity contribution in [3.63, 3.8) is 0 Å². The molecule has 0 aromatic heterocycles. The molecule has 8 heteroatoms. The predicted molar refractivity (Wildman–Crippen MR) is 118 cm³/mol. The van der Waals surface area contributed by atoms with Crippen LogP contribution in [0, 0.1) is 5.92 Å². The Balaban J connectivity index is 0.000000501. The van der Waals surface area contributed by atoms with E-state index in [-0.39, 0.29) is 5.92 Å². The van der Waals surface area contributed by atoms with Crippen molar-refractivity contribution in [2.75, 3.05) is 52.4 Å². The van der Waals surface area contributed by atoms with Crippen LogP contribution in [0.1, 0.15) is 38.2 Å². The van der Waals surface area contributed by atoms with Crippen LogP contribution in [0.2, 0.25) is 0 Å². The number of aliphatic carboxylic acids is 2. The van der Waals surface area contributed by atoms with Gasteiger partial charge in [0, 0.05) is 38.6 Å². The summed E-state index contributed by atoms with van der Waals surface area (Å²) in [4.78, 5) is 38.1. The molecular formula is C23H35N3O5. The van der Waals surface area contributed by atoms with Crippen molar-refractivity contribution >= 4 is 17.8 Å². The maximum Gasteiger partial charge on any atom is 0.414 e. The SMILES string of the molecule is CCN1CCN(C(=O)C2CCN(CC(C)c3ccccc3)CC2)CC1.O=C(O)C(=O)O. The first-order chi connectivity index (χ1) is 14.8. The molecule has 2 fully saturated rings. The maximum atomic E-state index is 12.8. The number of piperazine rings is 1. The summed E-state index contributed by atoms with van der Waals surface area (Å²) in [6.45, 7) is 12.7. The lowest BCUT2D eigenvalue weighted by molar-refractivity contribution is -0.159. The van der Waals surface area contributed by atoms with E-state index >= 15 is 0 Å². The van der Waals surface area contributed by atoms with Crippen LogP contribution >= 0.6 is 0 Å². The van der Waals surface area contributed by atoms with Crippen molar-refractivity contribution in [2.24, 2.45) is 5.92 Å². The number of benzene rings is 1. The summed E-state index contributed by atoms with van der Waals surface area (Å²) in [5.41, 5.74) is 1.41. The van der Waals surface area contributed by atoms with E-state index in [1.54, 1.807) is 0 Å². The smallest absolute Gasteiger partial charge is 0.414 e. The molecule has 1 aromatic carbocycles. The monoisotopic (exact) mass is 433 g/mol. The molecule has 1 unspecified atom stereocenters. The molecule has 2 saturated heterocycles. The van der Waals surface area contributed by atoms with E-state index in [2.05, 4.69) is 58.9 Å². The van der Waals surface area contributed by atoms with Crippen molar-refractivity contribution in [1.29, 1.82) is 0 Å². The van der Waals surface area contributed by atoms with Gasteiger partial charge in [-0.3, -0.25) is 4.79 Å². The van der Waals surface area contributed by atoms with Gasteiger partial charge in [-0.25, -0.2) is 9.59 Å². The summed E-state index contributed by atoms with van der Waals surface area (Å²) in [7, 11) is 0. The first-order valence-corrected chi connectivity index (χ1v) is 11.1. The molecule has 3 rings (SSSR count). The van der Waals surface area contributed by atoms with Crippen molar-refractivity contribution in [3.8, 4) is 0 Å². The van der Waals surface area contributed by atoms with Crippen LogP contribution in [0.3, 0.4) is 0 Å². The molecule has 1 amide bonds. The van der Waals surface area contributed by atoms with Gasteiger partial charge >= 0.3 is 11.9 Å². The zero-order valence-corrected chi connectivity index (χ0v) is 18.6. The van der Waals surface area contributed by atoms with E-state index in [0.717, 1.165) is 65.2 Å². The second kappa shape index (κ2) is 12.4. The lowest BCUT2D eigenvalue weighted by Crippen LogP contribution is -2.51. The third-order valence-electron chi connectivity index (χ3n) is 6.15. The van der Waals surface area contributed by atoms with Gasteiger partial charge < -0.3 is 24.9 Å². The Morgan fingerprint density at radius 2 is 1.45 bits per heavy atom. The maximum absolute atomic E-state index is 12.8. The summed E-state index contributed by atoms with van der Waals surface area (Å²) < 4.78 is 0. The number of piperidine rings is 1. The minimum absolute atomic E-state index is 0.247.